The van der Waals surface area contributed by atoms with Crippen LogP contribution in [0.4, 0.5) is 0 Å². The molecule has 1 aromatic carbocycles. The Labute approximate surface area is 138 Å². The molecule has 23 heavy (non-hydrogen) atoms. The second kappa shape index (κ2) is 7.02. The fraction of sp³-hybridized carbons (Fsp3) is 0.450. The van der Waals surface area contributed by atoms with E-state index < -0.39 is 12.2 Å². The normalized spacial score (nSPS) is 21.2. The molecule has 2 unspecified atom stereocenters. The predicted molar refractivity (Wildman–Crippen MR) is 90.8 cm³/mol. The smallest absolute Gasteiger partial charge is 0.339 e. The molecule has 1 aliphatic carbocycles. The molecular formula is C20H24O3. The zero-order valence-electron chi connectivity index (χ0n) is 14.2. The summed E-state index contributed by atoms with van der Waals surface area (Å²) in [6.07, 6.45) is 0.739. The molecule has 122 valence electrons. The van der Waals surface area contributed by atoms with Crippen LogP contribution < -0.4 is 0 Å². The number of rotatable bonds is 2. The molecule has 0 saturated heterocycles. The van der Waals surface area contributed by atoms with Gasteiger partial charge in [0.1, 0.15) is 0 Å². The van der Waals surface area contributed by atoms with Gasteiger partial charge in [-0.3, -0.25) is 0 Å². The molecule has 2 atom stereocenters. The van der Waals surface area contributed by atoms with E-state index in [1.807, 2.05) is 13.0 Å². The zero-order chi connectivity index (χ0) is 17.0. The number of esters is 1. The number of hydrogen-bond acceptors (Lipinski definition) is 3. The fourth-order valence-electron chi connectivity index (χ4n) is 2.81. The van der Waals surface area contributed by atoms with Crippen LogP contribution in [0.15, 0.2) is 41.5 Å². The van der Waals surface area contributed by atoms with Crippen molar-refractivity contribution in [1.29, 1.82) is 0 Å². The summed E-state index contributed by atoms with van der Waals surface area (Å²) in [4.78, 5) is 12.0. The standard InChI is InChI=1S/C20H24O3/c1-14(23-19(22)16-8-6-5-7-9-16)10-11-17-15(2)18(21)12-13-20(17,3)4/h5-9,14,18,21H,12-13H2,1-4H3. The molecule has 0 spiro atoms. The summed E-state index contributed by atoms with van der Waals surface area (Å²) in [6.45, 7) is 7.95. The Bertz CT molecular complexity index is 659. The van der Waals surface area contributed by atoms with Gasteiger partial charge >= 0.3 is 5.97 Å². The minimum Gasteiger partial charge on any atom is -0.446 e. The lowest BCUT2D eigenvalue weighted by Crippen LogP contribution is -2.27. The van der Waals surface area contributed by atoms with Gasteiger partial charge in [-0.25, -0.2) is 4.79 Å². The lowest BCUT2D eigenvalue weighted by molar-refractivity contribution is 0.0438. The predicted octanol–water partition coefficient (Wildman–Crippen LogP) is 3.73. The van der Waals surface area contributed by atoms with E-state index in [1.54, 1.807) is 31.2 Å². The highest BCUT2D eigenvalue weighted by atomic mass is 16.5. The van der Waals surface area contributed by atoms with Crippen molar-refractivity contribution in [2.24, 2.45) is 5.41 Å². The van der Waals surface area contributed by atoms with Crippen LogP contribution in [-0.4, -0.2) is 23.3 Å². The molecule has 2 rings (SSSR count). The monoisotopic (exact) mass is 312 g/mol. The Kier molecular flexibility index (Phi) is 5.28. The van der Waals surface area contributed by atoms with Gasteiger partial charge in [0.25, 0.3) is 0 Å². The summed E-state index contributed by atoms with van der Waals surface area (Å²) in [5.41, 5.74) is 2.35. The summed E-state index contributed by atoms with van der Waals surface area (Å²) in [7, 11) is 0. The Morgan fingerprint density at radius 1 is 1.35 bits per heavy atom. The van der Waals surface area contributed by atoms with E-state index in [-0.39, 0.29) is 11.4 Å². The summed E-state index contributed by atoms with van der Waals surface area (Å²) in [5, 5.41) is 10.0. The summed E-state index contributed by atoms with van der Waals surface area (Å²) in [6, 6.07) is 8.89. The van der Waals surface area contributed by atoms with E-state index >= 15 is 0 Å². The number of aliphatic hydroxyl groups is 1. The molecule has 0 radical (unpaired) electrons. The number of aliphatic hydroxyl groups excluding tert-OH is 1. The van der Waals surface area contributed by atoms with E-state index in [0.29, 0.717) is 5.56 Å². The average Bonchev–Trinajstić information content (AvgIpc) is 2.52. The first-order valence-electron chi connectivity index (χ1n) is 7.98. The molecule has 0 heterocycles. The van der Waals surface area contributed by atoms with E-state index in [1.165, 1.54) is 0 Å². The molecule has 3 heteroatoms. The molecule has 3 nitrogen and oxygen atoms in total. The van der Waals surface area contributed by atoms with Crippen molar-refractivity contribution >= 4 is 5.97 Å². The third kappa shape index (κ3) is 4.24. The van der Waals surface area contributed by atoms with Gasteiger partial charge in [-0.15, -0.1) is 0 Å². The van der Waals surface area contributed by atoms with Gasteiger partial charge in [0.05, 0.1) is 11.7 Å². The van der Waals surface area contributed by atoms with Gasteiger partial charge in [0.2, 0.25) is 0 Å². The first kappa shape index (κ1) is 17.3. The number of carbonyl (C=O) groups excluding carboxylic acids is 1. The van der Waals surface area contributed by atoms with E-state index in [0.717, 1.165) is 24.0 Å². The van der Waals surface area contributed by atoms with E-state index in [2.05, 4.69) is 25.7 Å². The van der Waals surface area contributed by atoms with E-state index in [4.69, 9.17) is 4.74 Å². The molecule has 1 aromatic rings. The van der Waals surface area contributed by atoms with Crippen molar-refractivity contribution < 1.29 is 14.6 Å². The van der Waals surface area contributed by atoms with Crippen molar-refractivity contribution in [1.82, 2.24) is 0 Å². The largest absolute Gasteiger partial charge is 0.446 e. The molecule has 0 aromatic heterocycles. The minimum absolute atomic E-state index is 0.0561. The molecular weight excluding hydrogens is 288 g/mol. The van der Waals surface area contributed by atoms with Crippen molar-refractivity contribution in [3.63, 3.8) is 0 Å². The first-order valence-corrected chi connectivity index (χ1v) is 7.98. The van der Waals surface area contributed by atoms with Crippen LogP contribution in [-0.2, 0) is 4.74 Å². The number of hydrogen-bond donors (Lipinski definition) is 1. The third-order valence-corrected chi connectivity index (χ3v) is 4.31. The lowest BCUT2D eigenvalue weighted by atomic mass is 9.72. The molecule has 0 saturated carbocycles. The van der Waals surface area contributed by atoms with Crippen molar-refractivity contribution in [3.8, 4) is 11.8 Å². The highest BCUT2D eigenvalue weighted by Crippen LogP contribution is 2.39. The zero-order valence-corrected chi connectivity index (χ0v) is 14.2. The molecule has 0 amide bonds. The van der Waals surface area contributed by atoms with Crippen LogP contribution in [0.2, 0.25) is 0 Å². The van der Waals surface area contributed by atoms with Gasteiger partial charge in [0, 0.05) is 5.57 Å². The van der Waals surface area contributed by atoms with E-state index in [9.17, 15) is 9.90 Å². The highest BCUT2D eigenvalue weighted by molar-refractivity contribution is 5.89. The number of benzene rings is 1. The van der Waals surface area contributed by atoms with Crippen LogP contribution in [0.25, 0.3) is 0 Å². The third-order valence-electron chi connectivity index (χ3n) is 4.31. The highest BCUT2D eigenvalue weighted by Gasteiger charge is 2.31. The van der Waals surface area contributed by atoms with Crippen LogP contribution in [0, 0.1) is 17.3 Å². The van der Waals surface area contributed by atoms with Crippen molar-refractivity contribution in [3.05, 3.63) is 47.0 Å². The number of ether oxygens (including phenoxy) is 1. The van der Waals surface area contributed by atoms with Gasteiger partial charge in [-0.05, 0) is 49.8 Å². The molecule has 1 aliphatic rings. The van der Waals surface area contributed by atoms with Gasteiger partial charge in [0.15, 0.2) is 6.10 Å². The quantitative estimate of drug-likeness (QED) is 0.668. The summed E-state index contributed by atoms with van der Waals surface area (Å²) < 4.78 is 5.36. The number of allylic oxidation sites excluding steroid dienone is 1. The Morgan fingerprint density at radius 2 is 2.00 bits per heavy atom. The second-order valence-electron chi connectivity index (χ2n) is 6.68. The maximum atomic E-state index is 12.0. The SMILES string of the molecule is CC1=C(C#CC(C)OC(=O)c2ccccc2)C(C)(C)CCC1O. The fourth-order valence-corrected chi connectivity index (χ4v) is 2.81. The number of carbonyl (C=O) groups is 1. The van der Waals surface area contributed by atoms with Gasteiger partial charge in [-0.1, -0.05) is 43.9 Å². The molecule has 0 fully saturated rings. The van der Waals surface area contributed by atoms with Crippen LogP contribution in [0.1, 0.15) is 50.9 Å². The van der Waals surface area contributed by atoms with Crippen LogP contribution in [0.5, 0.6) is 0 Å². The van der Waals surface area contributed by atoms with Gasteiger partial charge < -0.3 is 9.84 Å². The van der Waals surface area contributed by atoms with Crippen molar-refractivity contribution in [2.45, 2.75) is 52.7 Å². The Balaban J connectivity index is 2.11. The molecule has 1 N–H and O–H groups in total. The maximum absolute atomic E-state index is 12.0. The summed E-state index contributed by atoms with van der Waals surface area (Å²) >= 11 is 0. The second-order valence-corrected chi connectivity index (χ2v) is 6.68. The maximum Gasteiger partial charge on any atom is 0.339 e. The summed E-state index contributed by atoms with van der Waals surface area (Å²) in [5.74, 6) is 5.76. The Morgan fingerprint density at radius 3 is 2.65 bits per heavy atom. The minimum atomic E-state index is -0.502. The lowest BCUT2D eigenvalue weighted by Gasteiger charge is -2.34. The average molecular weight is 312 g/mol. The Hall–Kier alpha value is -2.05. The van der Waals surface area contributed by atoms with Crippen LogP contribution >= 0.6 is 0 Å². The topological polar surface area (TPSA) is 46.5 Å². The molecule has 0 aliphatic heterocycles. The first-order chi connectivity index (χ1) is 10.8. The van der Waals surface area contributed by atoms with Crippen LogP contribution in [0.3, 0.4) is 0 Å². The van der Waals surface area contributed by atoms with Gasteiger partial charge in [-0.2, -0.15) is 0 Å². The molecule has 0 bridgehead atoms. The van der Waals surface area contributed by atoms with Crippen molar-refractivity contribution in [2.75, 3.05) is 0 Å².